The van der Waals surface area contributed by atoms with Gasteiger partial charge in [-0.15, -0.1) is 0 Å². The Labute approximate surface area is 139 Å². The lowest BCUT2D eigenvalue weighted by Gasteiger charge is -2.37. The first-order valence-electron chi connectivity index (χ1n) is 8.89. The Hall–Kier alpha value is -1.30. The van der Waals surface area contributed by atoms with E-state index in [2.05, 4.69) is 17.0 Å². The minimum atomic E-state index is -0.777. The van der Waals surface area contributed by atoms with E-state index in [0.717, 1.165) is 50.9 Å². The van der Waals surface area contributed by atoms with Gasteiger partial charge in [0.25, 0.3) is 0 Å². The molecule has 0 saturated carbocycles. The summed E-state index contributed by atoms with van der Waals surface area (Å²) in [6.07, 6.45) is 4.64. The van der Waals surface area contributed by atoms with Gasteiger partial charge in [-0.2, -0.15) is 0 Å². The molecule has 0 bridgehead atoms. The van der Waals surface area contributed by atoms with Crippen LogP contribution in [0.4, 0.5) is 4.79 Å². The van der Waals surface area contributed by atoms with E-state index in [1.54, 1.807) is 4.90 Å². The normalized spacial score (nSPS) is 25.5. The number of carboxylic acid groups (broad SMARTS) is 1. The van der Waals surface area contributed by atoms with Crippen molar-refractivity contribution in [2.45, 2.75) is 65.0 Å². The molecule has 0 spiro atoms. The average molecular weight is 325 g/mol. The van der Waals surface area contributed by atoms with Crippen LogP contribution >= 0.6 is 0 Å². The summed E-state index contributed by atoms with van der Waals surface area (Å²) in [4.78, 5) is 20.6. The van der Waals surface area contributed by atoms with Crippen LogP contribution in [0.15, 0.2) is 5.16 Å². The Morgan fingerprint density at radius 1 is 1.13 bits per heavy atom. The van der Waals surface area contributed by atoms with Gasteiger partial charge in [-0.3, -0.25) is 0 Å². The maximum Gasteiger partial charge on any atom is 0.407 e. The van der Waals surface area contributed by atoms with Crippen molar-refractivity contribution in [2.75, 3.05) is 26.2 Å². The quantitative estimate of drug-likeness (QED) is 0.637. The van der Waals surface area contributed by atoms with Crippen molar-refractivity contribution in [1.29, 1.82) is 0 Å². The molecule has 2 rings (SSSR count). The van der Waals surface area contributed by atoms with E-state index in [1.165, 1.54) is 0 Å². The molecule has 0 aromatic rings. The summed E-state index contributed by atoms with van der Waals surface area (Å²) < 4.78 is 0. The zero-order chi connectivity index (χ0) is 16.8. The number of carbonyl (C=O) groups is 1. The second-order valence-electron chi connectivity index (χ2n) is 7.05. The van der Waals surface area contributed by atoms with E-state index in [1.807, 2.05) is 13.8 Å². The Bertz CT molecular complexity index is 417. The van der Waals surface area contributed by atoms with Crippen molar-refractivity contribution < 1.29 is 14.7 Å². The van der Waals surface area contributed by atoms with Gasteiger partial charge in [-0.25, -0.2) is 4.79 Å². The number of hydrogen-bond acceptors (Lipinski definition) is 4. The van der Waals surface area contributed by atoms with Gasteiger partial charge < -0.3 is 19.7 Å². The molecule has 0 radical (unpaired) electrons. The van der Waals surface area contributed by atoms with Crippen LogP contribution in [0.2, 0.25) is 0 Å². The van der Waals surface area contributed by atoms with Crippen molar-refractivity contribution in [3.63, 3.8) is 0 Å². The first-order valence-corrected chi connectivity index (χ1v) is 8.89. The Morgan fingerprint density at radius 2 is 1.83 bits per heavy atom. The van der Waals surface area contributed by atoms with Crippen LogP contribution in [-0.4, -0.2) is 65.0 Å². The molecule has 2 aliphatic rings. The average Bonchev–Trinajstić information content (AvgIpc) is 2.79. The van der Waals surface area contributed by atoms with Gasteiger partial charge >= 0.3 is 6.09 Å². The largest absolute Gasteiger partial charge is 0.465 e. The van der Waals surface area contributed by atoms with Crippen LogP contribution in [0.5, 0.6) is 0 Å². The molecule has 2 fully saturated rings. The van der Waals surface area contributed by atoms with Crippen LogP contribution in [-0.2, 0) is 4.84 Å². The second kappa shape index (κ2) is 8.52. The lowest BCUT2D eigenvalue weighted by molar-refractivity contribution is 0.0822. The summed E-state index contributed by atoms with van der Waals surface area (Å²) in [5.74, 6) is 0.520. The van der Waals surface area contributed by atoms with Gasteiger partial charge in [0.2, 0.25) is 0 Å². The van der Waals surface area contributed by atoms with E-state index in [9.17, 15) is 4.79 Å². The third-order valence-electron chi connectivity index (χ3n) is 5.01. The predicted octanol–water partition coefficient (Wildman–Crippen LogP) is 3.03. The molecule has 0 aromatic heterocycles. The first kappa shape index (κ1) is 18.0. The topological polar surface area (TPSA) is 65.4 Å². The van der Waals surface area contributed by atoms with Crippen LogP contribution in [0, 0.1) is 5.92 Å². The molecular formula is C17H31N3O3. The number of oxime groups is 1. The highest BCUT2D eigenvalue weighted by Gasteiger charge is 2.28. The maximum atomic E-state index is 11.1. The highest BCUT2D eigenvalue weighted by Crippen LogP contribution is 2.25. The molecule has 2 aliphatic heterocycles. The van der Waals surface area contributed by atoms with Gasteiger partial charge in [0.15, 0.2) is 0 Å². The maximum absolute atomic E-state index is 11.1. The fourth-order valence-electron chi connectivity index (χ4n) is 3.58. The summed E-state index contributed by atoms with van der Waals surface area (Å²) in [6.45, 7) is 9.56. The van der Waals surface area contributed by atoms with Crippen molar-refractivity contribution in [2.24, 2.45) is 11.1 Å². The predicted molar refractivity (Wildman–Crippen MR) is 90.9 cm³/mol. The Morgan fingerprint density at radius 3 is 2.43 bits per heavy atom. The van der Waals surface area contributed by atoms with E-state index >= 15 is 0 Å². The van der Waals surface area contributed by atoms with E-state index in [-0.39, 0.29) is 6.10 Å². The third kappa shape index (κ3) is 5.37. The molecule has 2 saturated heterocycles. The summed E-state index contributed by atoms with van der Waals surface area (Å²) >= 11 is 0. The van der Waals surface area contributed by atoms with E-state index in [4.69, 9.17) is 9.94 Å². The third-order valence-corrected chi connectivity index (χ3v) is 5.01. The molecular weight excluding hydrogens is 294 g/mol. The molecule has 6 heteroatoms. The van der Waals surface area contributed by atoms with Gasteiger partial charge in [-0.1, -0.05) is 5.16 Å². The van der Waals surface area contributed by atoms with Gasteiger partial charge in [-0.05, 0) is 66.0 Å². The summed E-state index contributed by atoms with van der Waals surface area (Å²) in [7, 11) is 0. The van der Waals surface area contributed by atoms with Gasteiger partial charge in [0.1, 0.15) is 6.10 Å². The van der Waals surface area contributed by atoms with Crippen molar-refractivity contribution in [3.05, 3.63) is 0 Å². The molecule has 1 N–H and O–H groups in total. The van der Waals surface area contributed by atoms with Crippen LogP contribution in [0.1, 0.15) is 52.9 Å². The molecule has 0 aromatic carbocycles. The lowest BCUT2D eigenvalue weighted by atomic mass is 9.91. The molecule has 23 heavy (non-hydrogen) atoms. The monoisotopic (exact) mass is 325 g/mol. The molecule has 1 unspecified atom stereocenters. The first-order chi connectivity index (χ1) is 11.0. The second-order valence-corrected chi connectivity index (χ2v) is 7.05. The van der Waals surface area contributed by atoms with Crippen LogP contribution < -0.4 is 0 Å². The Balaban J connectivity index is 1.80. The summed E-state index contributed by atoms with van der Waals surface area (Å²) in [5, 5.41) is 13.4. The number of nitrogens with zero attached hydrogens (tertiary/aromatic N) is 3. The van der Waals surface area contributed by atoms with Gasteiger partial charge in [0.05, 0.1) is 5.71 Å². The molecule has 6 nitrogen and oxygen atoms in total. The summed E-state index contributed by atoms with van der Waals surface area (Å²) in [6, 6.07) is 0.532. The highest BCUT2D eigenvalue weighted by atomic mass is 16.6. The Kier molecular flexibility index (Phi) is 6.69. The molecule has 132 valence electrons. The zero-order valence-corrected chi connectivity index (χ0v) is 14.7. The minimum Gasteiger partial charge on any atom is -0.465 e. The molecule has 2 heterocycles. The zero-order valence-electron chi connectivity index (χ0n) is 14.7. The fourth-order valence-corrected chi connectivity index (χ4v) is 3.58. The number of piperidine rings is 1. The van der Waals surface area contributed by atoms with E-state index in [0.29, 0.717) is 25.0 Å². The molecule has 1 amide bonds. The lowest BCUT2D eigenvalue weighted by Crippen LogP contribution is -2.43. The molecule has 1 atom stereocenters. The van der Waals surface area contributed by atoms with Crippen LogP contribution in [0.25, 0.3) is 0 Å². The van der Waals surface area contributed by atoms with Crippen LogP contribution in [0.3, 0.4) is 0 Å². The highest BCUT2D eigenvalue weighted by molar-refractivity contribution is 5.83. The smallest absolute Gasteiger partial charge is 0.407 e. The number of hydrogen-bond donors (Lipinski definition) is 1. The van der Waals surface area contributed by atoms with Crippen molar-refractivity contribution in [1.82, 2.24) is 9.80 Å². The minimum absolute atomic E-state index is 0.133. The van der Waals surface area contributed by atoms with Crippen molar-refractivity contribution >= 4 is 11.8 Å². The van der Waals surface area contributed by atoms with Crippen molar-refractivity contribution in [3.8, 4) is 0 Å². The van der Waals surface area contributed by atoms with Gasteiger partial charge in [0, 0.05) is 25.0 Å². The number of amides is 1. The number of likely N-dealkylation sites (tertiary alicyclic amines) is 2. The SMILES string of the molecule is CC(=NOC(C)C)C1CCN(C2CCCN(C(=O)O)CC2)CC1. The fraction of sp³-hybridized carbons (Fsp3) is 0.882. The number of rotatable bonds is 4. The summed E-state index contributed by atoms with van der Waals surface area (Å²) in [5.41, 5.74) is 1.11. The van der Waals surface area contributed by atoms with E-state index < -0.39 is 6.09 Å². The standard InChI is InChI=1S/C17H31N3O3/c1-13(2)23-18-14(3)15-6-10-19(11-7-15)16-5-4-9-20(12-8-16)17(21)22/h13,15-16H,4-12H2,1-3H3,(H,21,22). The molecule has 0 aliphatic carbocycles.